The summed E-state index contributed by atoms with van der Waals surface area (Å²) in [6.45, 7) is 0. The molecule has 2 nitrogen and oxygen atoms in total. The highest BCUT2D eigenvalue weighted by molar-refractivity contribution is 4.76. The average Bonchev–Trinajstić information content (AvgIpc) is 2.88. The fourth-order valence-corrected chi connectivity index (χ4v) is 6.51. The van der Waals surface area contributed by atoms with Gasteiger partial charge in [-0.3, -0.25) is 0 Å². The van der Waals surface area contributed by atoms with Gasteiger partial charge in [-0.25, -0.2) is 0 Å². The van der Waals surface area contributed by atoms with E-state index in [9.17, 15) is 0 Å². The fourth-order valence-electron chi connectivity index (χ4n) is 6.51. The molecule has 0 aliphatic heterocycles. The molecule has 0 spiro atoms. The Morgan fingerprint density at radius 2 is 0.289 bits per heavy atom. The van der Waals surface area contributed by atoms with Crippen LogP contribution in [0.5, 0.6) is 0 Å². The molecule has 0 radical (unpaired) electrons. The molecule has 3 aliphatic carbocycles. The lowest BCUT2D eigenvalue weighted by atomic mass is 9.94. The Labute approximate surface area is 241 Å². The molecule has 4 N–H and O–H groups in total. The SMILES string of the molecule is C1CCCCCCCCCCC1.C1CCCCCCCCCCC1.NC1(N)CCCCCCCCCCC1. The predicted molar refractivity (Wildman–Crippen MR) is 173 cm³/mol. The lowest BCUT2D eigenvalue weighted by molar-refractivity contribution is 0.341. The van der Waals surface area contributed by atoms with Gasteiger partial charge < -0.3 is 11.5 Å². The van der Waals surface area contributed by atoms with Gasteiger partial charge in [0.1, 0.15) is 0 Å². The van der Waals surface area contributed by atoms with Gasteiger partial charge in [0, 0.05) is 0 Å². The van der Waals surface area contributed by atoms with E-state index in [4.69, 9.17) is 11.5 Å². The molecular formula is C36H74N2. The third kappa shape index (κ3) is 27.5. The van der Waals surface area contributed by atoms with Crippen molar-refractivity contribution >= 4 is 0 Å². The quantitative estimate of drug-likeness (QED) is 0.303. The van der Waals surface area contributed by atoms with Gasteiger partial charge in [0.05, 0.1) is 5.66 Å². The van der Waals surface area contributed by atoms with Gasteiger partial charge in [-0.15, -0.1) is 0 Å². The van der Waals surface area contributed by atoms with Gasteiger partial charge in [-0.05, 0) is 12.8 Å². The Morgan fingerprint density at radius 1 is 0.184 bits per heavy atom. The van der Waals surface area contributed by atoms with E-state index in [0.717, 1.165) is 12.8 Å². The molecule has 0 atom stereocenters. The van der Waals surface area contributed by atoms with Crippen LogP contribution >= 0.6 is 0 Å². The van der Waals surface area contributed by atoms with Crippen molar-refractivity contribution in [2.75, 3.05) is 0 Å². The monoisotopic (exact) mass is 535 g/mol. The maximum Gasteiger partial charge on any atom is 0.0636 e. The van der Waals surface area contributed by atoms with Crippen LogP contribution in [0.15, 0.2) is 0 Å². The van der Waals surface area contributed by atoms with E-state index in [1.54, 1.807) is 0 Å². The van der Waals surface area contributed by atoms with E-state index in [2.05, 4.69) is 0 Å². The Kier molecular flexibility index (Phi) is 26.9. The van der Waals surface area contributed by atoms with Crippen LogP contribution in [-0.2, 0) is 0 Å². The van der Waals surface area contributed by atoms with E-state index in [1.807, 2.05) is 0 Å². The second-order valence-corrected chi connectivity index (χ2v) is 13.4. The molecule has 3 fully saturated rings. The number of nitrogens with two attached hydrogens (primary N) is 2. The maximum absolute atomic E-state index is 6.04. The van der Waals surface area contributed by atoms with Crippen LogP contribution in [0.4, 0.5) is 0 Å². The predicted octanol–water partition coefficient (Wildman–Crippen LogP) is 12.3. The zero-order valence-electron chi connectivity index (χ0n) is 26.4. The van der Waals surface area contributed by atoms with Crippen molar-refractivity contribution in [2.24, 2.45) is 11.5 Å². The summed E-state index contributed by atoms with van der Waals surface area (Å²) in [6.07, 6.45) is 50.1. The zero-order chi connectivity index (χ0) is 27.2. The third-order valence-electron chi connectivity index (χ3n) is 9.28. The second-order valence-electron chi connectivity index (χ2n) is 13.4. The van der Waals surface area contributed by atoms with Gasteiger partial charge in [0.25, 0.3) is 0 Å². The molecule has 3 saturated carbocycles. The first-order valence-corrected chi connectivity index (χ1v) is 18.3. The summed E-state index contributed by atoms with van der Waals surface area (Å²) in [5.74, 6) is 0. The molecule has 0 aromatic heterocycles. The second kappa shape index (κ2) is 28.4. The van der Waals surface area contributed by atoms with Crippen molar-refractivity contribution < 1.29 is 0 Å². The molecule has 0 unspecified atom stereocenters. The summed E-state index contributed by atoms with van der Waals surface area (Å²) in [7, 11) is 0. The Bertz CT molecular complexity index is 323. The Hall–Kier alpha value is -0.0800. The molecule has 2 heteroatoms. The highest BCUT2D eigenvalue weighted by Crippen LogP contribution is 2.20. The van der Waals surface area contributed by atoms with Gasteiger partial charge in [0.2, 0.25) is 0 Å². The Balaban J connectivity index is 0.000000286. The van der Waals surface area contributed by atoms with Crippen molar-refractivity contribution in [3.63, 3.8) is 0 Å². The van der Waals surface area contributed by atoms with Crippen LogP contribution in [0.2, 0.25) is 0 Å². The van der Waals surface area contributed by atoms with E-state index in [0.29, 0.717) is 0 Å². The first-order valence-electron chi connectivity index (χ1n) is 18.3. The fraction of sp³-hybridized carbons (Fsp3) is 1.00. The van der Waals surface area contributed by atoms with Gasteiger partial charge in [-0.1, -0.05) is 212 Å². The third-order valence-corrected chi connectivity index (χ3v) is 9.28. The summed E-state index contributed by atoms with van der Waals surface area (Å²) in [5, 5.41) is 0. The summed E-state index contributed by atoms with van der Waals surface area (Å²) in [6, 6.07) is 0. The van der Waals surface area contributed by atoms with Crippen LogP contribution in [-0.4, -0.2) is 5.66 Å². The van der Waals surface area contributed by atoms with Crippen molar-refractivity contribution in [2.45, 2.75) is 230 Å². The van der Waals surface area contributed by atoms with E-state index in [-0.39, 0.29) is 5.66 Å². The standard InChI is InChI=1S/C12H26N2.2C12H24/c13-12(14)10-8-6-4-2-1-3-5-7-9-11-12;2*1-2-4-6-8-10-12-11-9-7-5-3-1/h1-11,13-14H2;2*1-12H2. The molecule has 0 aromatic carbocycles. The van der Waals surface area contributed by atoms with Crippen LogP contribution < -0.4 is 11.5 Å². The molecule has 3 rings (SSSR count). The van der Waals surface area contributed by atoms with Crippen molar-refractivity contribution in [1.29, 1.82) is 0 Å². The van der Waals surface area contributed by atoms with Crippen molar-refractivity contribution in [1.82, 2.24) is 0 Å². The molecule has 0 saturated heterocycles. The first kappa shape index (κ1) is 35.9. The minimum Gasteiger partial charge on any atom is -0.313 e. The van der Waals surface area contributed by atoms with Crippen LogP contribution in [0.3, 0.4) is 0 Å². The van der Waals surface area contributed by atoms with Crippen LogP contribution in [0.25, 0.3) is 0 Å². The molecule has 38 heavy (non-hydrogen) atoms. The number of hydrogen-bond donors (Lipinski definition) is 2. The Morgan fingerprint density at radius 3 is 0.421 bits per heavy atom. The van der Waals surface area contributed by atoms with Crippen LogP contribution in [0.1, 0.15) is 225 Å². The smallest absolute Gasteiger partial charge is 0.0636 e. The van der Waals surface area contributed by atoms with Gasteiger partial charge in [0.15, 0.2) is 0 Å². The molecular weight excluding hydrogens is 460 g/mol. The molecule has 0 bridgehead atoms. The molecule has 0 amide bonds. The van der Waals surface area contributed by atoms with Gasteiger partial charge >= 0.3 is 0 Å². The molecule has 228 valence electrons. The van der Waals surface area contributed by atoms with Gasteiger partial charge in [-0.2, -0.15) is 0 Å². The largest absolute Gasteiger partial charge is 0.313 e. The van der Waals surface area contributed by atoms with Crippen molar-refractivity contribution in [3.8, 4) is 0 Å². The van der Waals surface area contributed by atoms with E-state index >= 15 is 0 Å². The summed E-state index contributed by atoms with van der Waals surface area (Å²) < 4.78 is 0. The average molecular weight is 535 g/mol. The summed E-state index contributed by atoms with van der Waals surface area (Å²) >= 11 is 0. The topological polar surface area (TPSA) is 52.0 Å². The minimum absolute atomic E-state index is 0.376. The van der Waals surface area contributed by atoms with Crippen LogP contribution in [0, 0.1) is 0 Å². The number of rotatable bonds is 0. The zero-order valence-corrected chi connectivity index (χ0v) is 26.4. The molecule has 0 heterocycles. The van der Waals surface area contributed by atoms with E-state index < -0.39 is 0 Å². The molecule has 0 aromatic rings. The highest BCUT2D eigenvalue weighted by Gasteiger charge is 2.17. The first-order chi connectivity index (χ1) is 18.7. The number of hydrogen-bond acceptors (Lipinski definition) is 2. The lowest BCUT2D eigenvalue weighted by Crippen LogP contribution is -2.49. The highest BCUT2D eigenvalue weighted by atomic mass is 14.9. The lowest BCUT2D eigenvalue weighted by Gasteiger charge is -2.25. The van der Waals surface area contributed by atoms with Crippen molar-refractivity contribution in [3.05, 3.63) is 0 Å². The maximum atomic E-state index is 6.04. The summed E-state index contributed by atoms with van der Waals surface area (Å²) in [4.78, 5) is 0. The minimum atomic E-state index is -0.376. The normalized spacial score (nSPS) is 24.8. The summed E-state index contributed by atoms with van der Waals surface area (Å²) in [5.41, 5.74) is 11.7. The molecule has 3 aliphatic rings. The van der Waals surface area contributed by atoms with E-state index in [1.165, 1.54) is 212 Å².